The van der Waals surface area contributed by atoms with Gasteiger partial charge < -0.3 is 19.7 Å². The highest BCUT2D eigenvalue weighted by Crippen LogP contribution is 2.43. The second-order valence-corrected chi connectivity index (χ2v) is 8.80. The van der Waals surface area contributed by atoms with E-state index in [1.807, 2.05) is 30.3 Å². The Labute approximate surface area is 192 Å². The number of benzene rings is 1. The molecule has 3 heterocycles. The smallest absolute Gasteiger partial charge is 0.335 e. The van der Waals surface area contributed by atoms with E-state index in [1.165, 1.54) is 19.3 Å². The van der Waals surface area contributed by atoms with Crippen molar-refractivity contribution in [3.8, 4) is 11.3 Å². The number of carboxylic acid groups (broad SMARTS) is 1. The minimum Gasteiger partial charge on any atom is -0.478 e. The summed E-state index contributed by atoms with van der Waals surface area (Å²) >= 11 is 5.80. The molecular formula is C25H25N3O3S. The Balaban J connectivity index is 1.51. The van der Waals surface area contributed by atoms with Crippen LogP contribution in [0.1, 0.15) is 66.0 Å². The molecule has 6 nitrogen and oxygen atoms in total. The van der Waals surface area contributed by atoms with Crippen LogP contribution in [0.3, 0.4) is 0 Å². The number of rotatable bonds is 5. The zero-order valence-electron chi connectivity index (χ0n) is 17.6. The van der Waals surface area contributed by atoms with Gasteiger partial charge in [-0.3, -0.25) is 4.98 Å². The summed E-state index contributed by atoms with van der Waals surface area (Å²) in [4.78, 5) is 18.1. The molecule has 1 aromatic carbocycles. The van der Waals surface area contributed by atoms with Crippen molar-refractivity contribution in [3.05, 3.63) is 77.8 Å². The van der Waals surface area contributed by atoms with Gasteiger partial charge in [-0.1, -0.05) is 37.5 Å². The van der Waals surface area contributed by atoms with Gasteiger partial charge in [-0.25, -0.2) is 4.79 Å². The van der Waals surface area contributed by atoms with Gasteiger partial charge in [0.05, 0.1) is 17.3 Å². The molecule has 164 valence electrons. The summed E-state index contributed by atoms with van der Waals surface area (Å²) in [5.41, 5.74) is 2.03. The molecule has 0 bridgehead atoms. The molecule has 1 saturated heterocycles. The van der Waals surface area contributed by atoms with Gasteiger partial charge in [-0.2, -0.15) is 0 Å². The quantitative estimate of drug-likeness (QED) is 0.511. The van der Waals surface area contributed by atoms with Gasteiger partial charge in [0.2, 0.25) is 0 Å². The summed E-state index contributed by atoms with van der Waals surface area (Å²) in [6.45, 7) is 0. The van der Waals surface area contributed by atoms with Crippen LogP contribution >= 0.6 is 12.2 Å². The van der Waals surface area contributed by atoms with Crippen molar-refractivity contribution >= 4 is 23.3 Å². The number of aromatic carboxylic acids is 1. The molecule has 1 saturated carbocycles. The molecule has 2 fully saturated rings. The van der Waals surface area contributed by atoms with E-state index in [2.05, 4.69) is 15.2 Å². The predicted molar refractivity (Wildman–Crippen MR) is 125 cm³/mol. The van der Waals surface area contributed by atoms with E-state index < -0.39 is 5.97 Å². The molecule has 0 amide bonds. The average Bonchev–Trinajstić information content (AvgIpc) is 3.45. The van der Waals surface area contributed by atoms with Crippen LogP contribution in [0.25, 0.3) is 11.3 Å². The normalized spacial score (nSPS) is 21.5. The summed E-state index contributed by atoms with van der Waals surface area (Å²) in [5, 5.41) is 13.4. The van der Waals surface area contributed by atoms with Crippen LogP contribution in [0.5, 0.6) is 0 Å². The highest BCUT2D eigenvalue weighted by Gasteiger charge is 2.44. The second kappa shape index (κ2) is 8.74. The third kappa shape index (κ3) is 3.88. The number of thiocarbonyl (C=S) groups is 1. The Bertz CT molecular complexity index is 1110. The van der Waals surface area contributed by atoms with E-state index in [4.69, 9.17) is 21.7 Å². The molecule has 0 radical (unpaired) electrons. The molecular weight excluding hydrogens is 422 g/mol. The van der Waals surface area contributed by atoms with E-state index in [0.717, 1.165) is 35.0 Å². The number of furan rings is 1. The Kier molecular flexibility index (Phi) is 5.66. The highest BCUT2D eigenvalue weighted by molar-refractivity contribution is 7.80. The van der Waals surface area contributed by atoms with E-state index in [-0.39, 0.29) is 17.6 Å². The largest absolute Gasteiger partial charge is 0.478 e. The number of nitrogens with one attached hydrogen (secondary N) is 1. The first kappa shape index (κ1) is 20.7. The predicted octanol–water partition coefficient (Wildman–Crippen LogP) is 5.35. The SMILES string of the molecule is O=C(O)c1ccc(-c2ccc([C@@H]3[C@H](c4ccccn4)NC(=S)N3C3CCCCC3)o2)cc1. The maximum Gasteiger partial charge on any atom is 0.335 e. The summed E-state index contributed by atoms with van der Waals surface area (Å²) in [6, 6.07) is 16.8. The molecule has 7 heteroatoms. The first-order valence-electron chi connectivity index (χ1n) is 11.0. The number of carbonyl (C=O) groups is 1. The number of carboxylic acids is 1. The van der Waals surface area contributed by atoms with Crippen LogP contribution in [0.2, 0.25) is 0 Å². The summed E-state index contributed by atoms with van der Waals surface area (Å²) in [7, 11) is 0. The molecule has 2 N–H and O–H groups in total. The Hall–Kier alpha value is -3.19. The Morgan fingerprint density at radius 2 is 1.84 bits per heavy atom. The van der Waals surface area contributed by atoms with Crippen molar-refractivity contribution in [1.82, 2.24) is 15.2 Å². The fourth-order valence-corrected chi connectivity index (χ4v) is 5.26. The topological polar surface area (TPSA) is 78.6 Å². The molecule has 5 rings (SSSR count). The molecule has 2 aliphatic rings. The van der Waals surface area contributed by atoms with E-state index in [0.29, 0.717) is 11.8 Å². The van der Waals surface area contributed by atoms with Crippen molar-refractivity contribution in [1.29, 1.82) is 0 Å². The van der Waals surface area contributed by atoms with Gasteiger partial charge in [-0.15, -0.1) is 0 Å². The van der Waals surface area contributed by atoms with Crippen molar-refractivity contribution in [2.75, 3.05) is 0 Å². The van der Waals surface area contributed by atoms with Crippen molar-refractivity contribution < 1.29 is 14.3 Å². The van der Waals surface area contributed by atoms with Crippen LogP contribution in [-0.4, -0.2) is 32.1 Å². The number of pyridine rings is 1. The van der Waals surface area contributed by atoms with Crippen LogP contribution < -0.4 is 5.32 Å². The maximum absolute atomic E-state index is 11.2. The minimum absolute atomic E-state index is 0.0902. The lowest BCUT2D eigenvalue weighted by atomic mass is 9.92. The van der Waals surface area contributed by atoms with Crippen LogP contribution in [0.4, 0.5) is 0 Å². The van der Waals surface area contributed by atoms with Gasteiger partial charge in [-0.05, 0) is 61.5 Å². The van der Waals surface area contributed by atoms with E-state index >= 15 is 0 Å². The molecule has 3 aromatic rings. The molecule has 0 spiro atoms. The Morgan fingerprint density at radius 3 is 2.53 bits per heavy atom. The van der Waals surface area contributed by atoms with Gasteiger partial charge in [0.25, 0.3) is 0 Å². The van der Waals surface area contributed by atoms with Gasteiger partial charge in [0.15, 0.2) is 5.11 Å². The average molecular weight is 448 g/mol. The maximum atomic E-state index is 11.2. The third-order valence-corrected chi connectivity index (χ3v) is 6.77. The monoisotopic (exact) mass is 447 g/mol. The van der Waals surface area contributed by atoms with Gasteiger partial charge in [0.1, 0.15) is 17.6 Å². The second-order valence-electron chi connectivity index (χ2n) is 8.41. The van der Waals surface area contributed by atoms with Crippen LogP contribution in [-0.2, 0) is 0 Å². The van der Waals surface area contributed by atoms with Crippen LogP contribution in [0.15, 0.2) is 65.2 Å². The minimum atomic E-state index is -0.941. The first-order chi connectivity index (χ1) is 15.6. The highest BCUT2D eigenvalue weighted by atomic mass is 32.1. The van der Waals surface area contributed by atoms with E-state index in [9.17, 15) is 4.79 Å². The zero-order chi connectivity index (χ0) is 22.1. The van der Waals surface area contributed by atoms with Gasteiger partial charge in [0, 0.05) is 17.8 Å². The van der Waals surface area contributed by atoms with Crippen molar-refractivity contribution in [2.45, 2.75) is 50.2 Å². The summed E-state index contributed by atoms with van der Waals surface area (Å²) in [6.07, 6.45) is 7.75. The molecule has 1 aliphatic heterocycles. The van der Waals surface area contributed by atoms with Crippen molar-refractivity contribution in [2.24, 2.45) is 0 Å². The van der Waals surface area contributed by atoms with Gasteiger partial charge >= 0.3 is 5.97 Å². The molecule has 0 unspecified atom stereocenters. The zero-order valence-corrected chi connectivity index (χ0v) is 18.4. The summed E-state index contributed by atoms with van der Waals surface area (Å²) in [5.74, 6) is 0.595. The Morgan fingerprint density at radius 1 is 1.06 bits per heavy atom. The fraction of sp³-hybridized carbons (Fsp3) is 0.320. The summed E-state index contributed by atoms with van der Waals surface area (Å²) < 4.78 is 6.36. The number of hydrogen-bond donors (Lipinski definition) is 2. The number of hydrogen-bond acceptors (Lipinski definition) is 4. The first-order valence-corrected chi connectivity index (χ1v) is 11.5. The lowest BCUT2D eigenvalue weighted by Crippen LogP contribution is -2.40. The number of nitrogens with zero attached hydrogens (tertiary/aromatic N) is 2. The van der Waals surface area contributed by atoms with E-state index in [1.54, 1.807) is 30.5 Å². The molecule has 2 atom stereocenters. The lowest BCUT2D eigenvalue weighted by Gasteiger charge is -2.36. The molecule has 1 aliphatic carbocycles. The number of aromatic nitrogens is 1. The molecule has 32 heavy (non-hydrogen) atoms. The fourth-order valence-electron chi connectivity index (χ4n) is 4.87. The lowest BCUT2D eigenvalue weighted by molar-refractivity contribution is 0.0697. The standard InChI is InChI=1S/C25H25N3O3S/c29-24(30)17-11-9-16(10-12-17)20-13-14-21(31-20)23-22(19-8-4-5-15-26-19)27-25(32)28(23)18-6-2-1-3-7-18/h4-5,8-15,18,22-23H,1-3,6-7H2,(H,27,32)(H,29,30)/t22-,23+/m0/s1. The van der Waals surface area contributed by atoms with Crippen molar-refractivity contribution in [3.63, 3.8) is 0 Å². The van der Waals surface area contributed by atoms with Crippen LogP contribution in [0, 0.1) is 0 Å². The molecule has 2 aromatic heterocycles. The third-order valence-electron chi connectivity index (χ3n) is 6.44.